The van der Waals surface area contributed by atoms with E-state index in [1.54, 1.807) is 0 Å². The Bertz CT molecular complexity index is 267. The van der Waals surface area contributed by atoms with Crippen LogP contribution in [-0.4, -0.2) is 12.0 Å². The van der Waals surface area contributed by atoms with Gasteiger partial charge in [-0.25, -0.2) is 4.98 Å². The van der Waals surface area contributed by atoms with Gasteiger partial charge in [0, 0.05) is 6.20 Å². The van der Waals surface area contributed by atoms with Gasteiger partial charge in [0.05, 0.1) is 0 Å². The molecule has 0 atom stereocenters. The summed E-state index contributed by atoms with van der Waals surface area (Å²) in [4.78, 5) is 3.43. The predicted octanol–water partition coefficient (Wildman–Crippen LogP) is -1.21. The largest absolute Gasteiger partial charge is 1.00 e. The van der Waals surface area contributed by atoms with Crippen LogP contribution in [0.15, 0.2) is 18.3 Å². The number of hydrogen-bond donors (Lipinski definition) is 0. The molecular weight excluding hydrogens is 216 g/mol. The zero-order valence-electron chi connectivity index (χ0n) is 6.27. The minimum atomic E-state index is -4.95. The molecule has 0 fully saturated rings. The molecule has 0 N–H and O–H groups in total. The predicted molar refractivity (Wildman–Crippen MR) is 38.0 cm³/mol. The van der Waals surface area contributed by atoms with Gasteiger partial charge in [0.2, 0.25) is 0 Å². The summed E-state index contributed by atoms with van der Waals surface area (Å²) in [5, 5.41) is -0.137. The fraction of sp³-hybridized carbons (Fsp3) is 0. The Hall–Kier alpha value is 0.931. The Morgan fingerprint density at radius 3 is 2.25 bits per heavy atom. The number of pyridine rings is 1. The minimum Gasteiger partial charge on any atom is -0.445 e. The maximum atomic E-state index is 11.9. The normalized spacial score (nSPS) is 10.7. The van der Waals surface area contributed by atoms with Crippen molar-refractivity contribution < 1.29 is 64.3 Å². The summed E-state index contributed by atoms with van der Waals surface area (Å²) in [7, 11) is 0. The molecule has 0 aromatic carbocycles. The van der Waals surface area contributed by atoms with Crippen molar-refractivity contribution in [3.63, 3.8) is 0 Å². The second-order valence-electron chi connectivity index (χ2n) is 1.99. The van der Waals surface area contributed by atoms with Gasteiger partial charge in [-0.05, 0) is 0 Å². The third-order valence-corrected chi connectivity index (χ3v) is 1.34. The maximum absolute atomic E-state index is 11.9. The zero-order chi connectivity index (χ0) is 8.48. The summed E-state index contributed by atoms with van der Waals surface area (Å²) in [6.07, 6.45) is 1.03. The van der Waals surface area contributed by atoms with E-state index in [9.17, 15) is 12.9 Å². The van der Waals surface area contributed by atoms with Crippen molar-refractivity contribution in [3.8, 4) is 0 Å². The van der Waals surface area contributed by atoms with Crippen LogP contribution in [0, 0.1) is 0 Å². The monoisotopic (exact) mass is 219 g/mol. The summed E-state index contributed by atoms with van der Waals surface area (Å²) < 4.78 is 35.8. The molecule has 0 radical (unpaired) electrons. The topological polar surface area (TPSA) is 12.9 Å². The van der Waals surface area contributed by atoms with E-state index < -0.39 is 12.4 Å². The molecule has 1 rings (SSSR count). The molecule has 0 spiro atoms. The molecule has 7 heteroatoms. The van der Waals surface area contributed by atoms with Gasteiger partial charge in [-0.3, -0.25) is 0 Å². The molecule has 0 saturated heterocycles. The summed E-state index contributed by atoms with van der Waals surface area (Å²) in [5.74, 6) is 0. The van der Waals surface area contributed by atoms with Crippen molar-refractivity contribution in [2.75, 3.05) is 0 Å². The fourth-order valence-corrected chi connectivity index (χ4v) is 0.803. The number of rotatable bonds is 1. The van der Waals surface area contributed by atoms with E-state index >= 15 is 0 Å². The second kappa shape index (κ2) is 4.97. The standard InChI is InChI=1S/C5H3BClF3N.K/c7-5-3-4(1-2-11-5)6(8,9)10;/h1-3H;/q-1;+1. The average molecular weight is 219 g/mol. The van der Waals surface area contributed by atoms with Gasteiger partial charge in [0.15, 0.2) is 0 Å². The summed E-state index contributed by atoms with van der Waals surface area (Å²) in [6.45, 7) is -4.95. The first kappa shape index (κ1) is 12.9. The van der Waals surface area contributed by atoms with Crippen LogP contribution in [-0.2, 0) is 0 Å². The molecule has 1 nitrogen and oxygen atoms in total. The van der Waals surface area contributed by atoms with Crippen molar-refractivity contribution in [2.24, 2.45) is 0 Å². The van der Waals surface area contributed by atoms with Crippen LogP contribution in [0.25, 0.3) is 0 Å². The van der Waals surface area contributed by atoms with Crippen molar-refractivity contribution in [3.05, 3.63) is 23.5 Å². The third-order valence-electron chi connectivity index (χ3n) is 1.13. The van der Waals surface area contributed by atoms with Crippen LogP contribution in [0.3, 0.4) is 0 Å². The summed E-state index contributed by atoms with van der Waals surface area (Å²) in [5.41, 5.74) is -0.718. The zero-order valence-corrected chi connectivity index (χ0v) is 10.1. The molecule has 0 amide bonds. The van der Waals surface area contributed by atoms with Gasteiger partial charge < -0.3 is 12.9 Å². The number of halogens is 4. The first-order valence-electron chi connectivity index (χ1n) is 2.81. The van der Waals surface area contributed by atoms with E-state index in [1.165, 1.54) is 0 Å². The van der Waals surface area contributed by atoms with Crippen LogP contribution in [0.1, 0.15) is 0 Å². The van der Waals surface area contributed by atoms with E-state index in [0.29, 0.717) is 0 Å². The van der Waals surface area contributed by atoms with Crippen LogP contribution in [0.4, 0.5) is 12.9 Å². The first-order valence-corrected chi connectivity index (χ1v) is 3.19. The van der Waals surface area contributed by atoms with E-state index in [0.717, 1.165) is 18.3 Å². The van der Waals surface area contributed by atoms with Gasteiger partial charge in [-0.2, -0.15) is 0 Å². The quantitative estimate of drug-likeness (QED) is 0.427. The first-order chi connectivity index (χ1) is 5.00. The van der Waals surface area contributed by atoms with E-state index in [4.69, 9.17) is 11.6 Å². The Balaban J connectivity index is 0.00000121. The van der Waals surface area contributed by atoms with E-state index in [2.05, 4.69) is 4.98 Å². The molecular formula is C5H3BClF3KN. The molecule has 1 aromatic rings. The second-order valence-corrected chi connectivity index (χ2v) is 2.37. The van der Waals surface area contributed by atoms with Crippen molar-refractivity contribution in [2.45, 2.75) is 0 Å². The van der Waals surface area contributed by atoms with Gasteiger partial charge in [-0.15, -0.1) is 5.46 Å². The smallest absolute Gasteiger partial charge is 0.445 e. The Labute approximate surface area is 115 Å². The molecule has 0 saturated carbocycles. The van der Waals surface area contributed by atoms with Crippen LogP contribution < -0.4 is 56.8 Å². The van der Waals surface area contributed by atoms with Crippen LogP contribution >= 0.6 is 11.6 Å². The molecule has 1 aromatic heterocycles. The van der Waals surface area contributed by atoms with Gasteiger partial charge in [-0.1, -0.05) is 23.7 Å². The molecule has 0 bridgehead atoms. The van der Waals surface area contributed by atoms with E-state index in [-0.39, 0.29) is 56.5 Å². The number of nitrogens with zero attached hydrogens (tertiary/aromatic N) is 1. The Morgan fingerprint density at radius 2 is 1.92 bits per heavy atom. The molecule has 1 heterocycles. The third kappa shape index (κ3) is 3.76. The summed E-state index contributed by atoms with van der Waals surface area (Å²) >= 11 is 5.25. The minimum absolute atomic E-state index is 0. The number of aromatic nitrogens is 1. The van der Waals surface area contributed by atoms with Crippen molar-refractivity contribution >= 4 is 24.0 Å². The van der Waals surface area contributed by atoms with Crippen molar-refractivity contribution in [1.29, 1.82) is 0 Å². The molecule has 0 aliphatic heterocycles. The molecule has 0 aliphatic carbocycles. The van der Waals surface area contributed by atoms with Gasteiger partial charge in [0.25, 0.3) is 0 Å². The summed E-state index contributed by atoms with van der Waals surface area (Å²) in [6, 6.07) is 1.70. The van der Waals surface area contributed by atoms with Crippen LogP contribution in [0.2, 0.25) is 5.15 Å². The van der Waals surface area contributed by atoms with E-state index in [1.807, 2.05) is 0 Å². The van der Waals surface area contributed by atoms with Crippen molar-refractivity contribution in [1.82, 2.24) is 4.98 Å². The maximum Gasteiger partial charge on any atom is 1.00 e. The molecule has 0 aliphatic rings. The van der Waals surface area contributed by atoms with Gasteiger partial charge in [0.1, 0.15) is 5.15 Å². The average Bonchev–Trinajstić information content (AvgIpc) is 1.86. The SMILES string of the molecule is F[B-](F)(F)c1ccnc(Cl)c1.[K+]. The fourth-order valence-electron chi connectivity index (χ4n) is 0.621. The van der Waals surface area contributed by atoms with Gasteiger partial charge >= 0.3 is 58.4 Å². The molecule has 0 unspecified atom stereocenters. The molecule has 60 valence electrons. The Morgan fingerprint density at radius 1 is 1.33 bits per heavy atom. The van der Waals surface area contributed by atoms with Crippen LogP contribution in [0.5, 0.6) is 0 Å². The Kier molecular flexibility index (Phi) is 5.36. The molecule has 12 heavy (non-hydrogen) atoms. The number of hydrogen-bond acceptors (Lipinski definition) is 1.